The minimum atomic E-state index is 0.731. The highest BCUT2D eigenvalue weighted by Gasteiger charge is 2.16. The fourth-order valence-corrected chi connectivity index (χ4v) is 3.93. The number of fused-ring (bicyclic) bond motifs is 3. The summed E-state index contributed by atoms with van der Waals surface area (Å²) in [7, 11) is 3.85. The summed E-state index contributed by atoms with van der Waals surface area (Å²) in [5.41, 5.74) is 3.91. The fraction of sp³-hybridized carbons (Fsp3) is 0.273. The second-order valence-corrected chi connectivity index (χ2v) is 7.42. The quantitative estimate of drug-likeness (QED) is 0.557. The van der Waals surface area contributed by atoms with Gasteiger partial charge in [-0.1, -0.05) is 6.07 Å². The number of hydrogen-bond donors (Lipinski definition) is 2. The van der Waals surface area contributed by atoms with Crippen LogP contribution in [0.3, 0.4) is 0 Å². The highest BCUT2D eigenvalue weighted by atomic mass is 16.5. The summed E-state index contributed by atoms with van der Waals surface area (Å²) in [6.07, 6.45) is 1.89. The minimum absolute atomic E-state index is 0.731. The first-order valence-electron chi connectivity index (χ1n) is 9.84. The number of pyridine rings is 1. The van der Waals surface area contributed by atoms with Gasteiger partial charge in [0.2, 0.25) is 0 Å². The van der Waals surface area contributed by atoms with Crippen molar-refractivity contribution in [3.63, 3.8) is 0 Å². The first kappa shape index (κ1) is 17.8. The molecule has 4 aromatic rings. The molecule has 0 amide bonds. The molecule has 2 aromatic heterocycles. The van der Waals surface area contributed by atoms with E-state index in [1.165, 1.54) is 5.69 Å². The van der Waals surface area contributed by atoms with E-state index in [1.807, 2.05) is 24.4 Å². The molecule has 3 heterocycles. The van der Waals surface area contributed by atoms with E-state index in [0.29, 0.717) is 0 Å². The Morgan fingerprint density at radius 1 is 1.03 bits per heavy atom. The molecule has 0 spiro atoms. The summed E-state index contributed by atoms with van der Waals surface area (Å²) in [5.74, 6) is 1.53. The molecule has 29 heavy (non-hydrogen) atoms. The van der Waals surface area contributed by atoms with Crippen molar-refractivity contribution in [2.24, 2.45) is 0 Å². The third-order valence-electron chi connectivity index (χ3n) is 5.59. The number of hydrogen-bond acceptors (Lipinski definition) is 6. The predicted octanol–water partition coefficient (Wildman–Crippen LogP) is 3.62. The third-order valence-corrected chi connectivity index (χ3v) is 5.59. The maximum Gasteiger partial charge on any atom is 0.159 e. The van der Waals surface area contributed by atoms with Crippen molar-refractivity contribution >= 4 is 39.0 Å². The van der Waals surface area contributed by atoms with Gasteiger partial charge in [0.05, 0.1) is 18.0 Å². The van der Waals surface area contributed by atoms with Crippen molar-refractivity contribution in [2.45, 2.75) is 0 Å². The van der Waals surface area contributed by atoms with Crippen LogP contribution in [-0.2, 0) is 0 Å². The smallest absolute Gasteiger partial charge is 0.159 e. The van der Waals surface area contributed by atoms with Crippen LogP contribution in [-0.4, -0.2) is 60.4 Å². The van der Waals surface area contributed by atoms with Crippen LogP contribution in [0.1, 0.15) is 0 Å². The van der Waals surface area contributed by atoms with Crippen LogP contribution >= 0.6 is 0 Å². The van der Waals surface area contributed by atoms with Gasteiger partial charge < -0.3 is 19.9 Å². The van der Waals surface area contributed by atoms with E-state index in [0.717, 1.165) is 65.2 Å². The van der Waals surface area contributed by atoms with Gasteiger partial charge in [-0.05, 0) is 43.4 Å². The Bertz CT molecular complexity index is 1150. The Balaban J connectivity index is 1.46. The molecule has 0 aliphatic carbocycles. The highest BCUT2D eigenvalue weighted by Crippen LogP contribution is 2.35. The second-order valence-electron chi connectivity index (χ2n) is 7.42. The van der Waals surface area contributed by atoms with Crippen LogP contribution in [0.15, 0.2) is 48.7 Å². The number of rotatable bonds is 4. The van der Waals surface area contributed by atoms with E-state index >= 15 is 0 Å². The largest absolute Gasteiger partial charge is 0.496 e. The number of benzene rings is 2. The standard InChI is InChI=1S/C22H24N6O/c1-27-10-12-28(13-11-27)16-8-6-15(7-9-16)24-22-21-17(14-23-26-21)20-18(25-22)4-3-5-19(20)29-2/h3-9,14H,10-13H2,1-2H3,(H,23,26)(H,24,25). The van der Waals surface area contributed by atoms with Gasteiger partial charge in [-0.25, -0.2) is 4.98 Å². The molecule has 0 bridgehead atoms. The Morgan fingerprint density at radius 2 is 1.83 bits per heavy atom. The van der Waals surface area contributed by atoms with E-state index in [4.69, 9.17) is 9.72 Å². The van der Waals surface area contributed by atoms with E-state index in [1.54, 1.807) is 7.11 Å². The maximum absolute atomic E-state index is 5.53. The van der Waals surface area contributed by atoms with Gasteiger partial charge >= 0.3 is 0 Å². The molecule has 0 saturated carbocycles. The average Bonchev–Trinajstić information content (AvgIpc) is 3.25. The lowest BCUT2D eigenvalue weighted by atomic mass is 10.1. The maximum atomic E-state index is 5.53. The number of methoxy groups -OCH3 is 1. The predicted molar refractivity (Wildman–Crippen MR) is 117 cm³/mol. The first-order valence-corrected chi connectivity index (χ1v) is 9.84. The number of nitrogens with one attached hydrogen (secondary N) is 2. The minimum Gasteiger partial charge on any atom is -0.496 e. The van der Waals surface area contributed by atoms with E-state index in [9.17, 15) is 0 Å². The normalized spacial score (nSPS) is 15.2. The lowest BCUT2D eigenvalue weighted by Gasteiger charge is -2.34. The zero-order valence-electron chi connectivity index (χ0n) is 16.6. The molecule has 0 radical (unpaired) electrons. The highest BCUT2D eigenvalue weighted by molar-refractivity contribution is 6.11. The first-order chi connectivity index (χ1) is 14.2. The lowest BCUT2D eigenvalue weighted by molar-refractivity contribution is 0.313. The number of piperazine rings is 1. The molecule has 1 fully saturated rings. The Morgan fingerprint density at radius 3 is 2.59 bits per heavy atom. The molecule has 0 atom stereocenters. The SMILES string of the molecule is COc1cccc2nc(Nc3ccc(N4CCN(C)CC4)cc3)c3n[nH]cc3c12. The molecular formula is C22H24N6O. The van der Waals surface area contributed by atoms with Gasteiger partial charge in [0.15, 0.2) is 5.82 Å². The molecule has 148 valence electrons. The molecule has 5 rings (SSSR count). The molecule has 1 aliphatic heterocycles. The number of H-pyrrole nitrogens is 1. The van der Waals surface area contributed by atoms with Crippen LogP contribution in [0.25, 0.3) is 21.8 Å². The zero-order valence-corrected chi connectivity index (χ0v) is 16.6. The Hall–Kier alpha value is -3.32. The zero-order chi connectivity index (χ0) is 19.8. The molecular weight excluding hydrogens is 364 g/mol. The van der Waals surface area contributed by atoms with Gasteiger partial charge in [0.25, 0.3) is 0 Å². The summed E-state index contributed by atoms with van der Waals surface area (Å²) in [6, 6.07) is 14.4. The third kappa shape index (κ3) is 3.23. The molecule has 1 aliphatic rings. The van der Waals surface area contributed by atoms with Gasteiger partial charge in [-0.15, -0.1) is 0 Å². The van der Waals surface area contributed by atoms with Crippen molar-refractivity contribution in [3.05, 3.63) is 48.7 Å². The van der Waals surface area contributed by atoms with Gasteiger partial charge in [0, 0.05) is 49.1 Å². The van der Waals surface area contributed by atoms with Crippen LogP contribution in [0.5, 0.6) is 5.75 Å². The molecule has 2 N–H and O–H groups in total. The lowest BCUT2D eigenvalue weighted by Crippen LogP contribution is -2.44. The van der Waals surface area contributed by atoms with E-state index < -0.39 is 0 Å². The number of anilines is 3. The number of nitrogens with zero attached hydrogens (tertiary/aromatic N) is 4. The monoisotopic (exact) mass is 388 g/mol. The van der Waals surface area contributed by atoms with Crippen LogP contribution in [0.4, 0.5) is 17.2 Å². The number of ether oxygens (including phenoxy) is 1. The Kier molecular flexibility index (Phi) is 4.44. The summed E-state index contributed by atoms with van der Waals surface area (Å²) in [4.78, 5) is 9.60. The molecule has 2 aromatic carbocycles. The van der Waals surface area contributed by atoms with Crippen molar-refractivity contribution in [2.75, 3.05) is 50.6 Å². The van der Waals surface area contributed by atoms with Crippen molar-refractivity contribution in [3.8, 4) is 5.75 Å². The van der Waals surface area contributed by atoms with Crippen LogP contribution in [0.2, 0.25) is 0 Å². The Labute approximate surface area is 169 Å². The second kappa shape index (κ2) is 7.25. The van der Waals surface area contributed by atoms with Gasteiger partial charge in [0.1, 0.15) is 11.3 Å². The van der Waals surface area contributed by atoms with E-state index in [-0.39, 0.29) is 0 Å². The summed E-state index contributed by atoms with van der Waals surface area (Å²) < 4.78 is 5.53. The van der Waals surface area contributed by atoms with Gasteiger partial charge in [-0.3, -0.25) is 5.10 Å². The topological polar surface area (TPSA) is 69.3 Å². The van der Waals surface area contributed by atoms with Crippen molar-refractivity contribution in [1.29, 1.82) is 0 Å². The summed E-state index contributed by atoms with van der Waals surface area (Å²) >= 11 is 0. The molecule has 0 unspecified atom stereocenters. The molecule has 7 nitrogen and oxygen atoms in total. The van der Waals surface area contributed by atoms with Crippen LogP contribution < -0.4 is 15.0 Å². The summed E-state index contributed by atoms with van der Waals surface area (Å²) in [5, 5.41) is 12.8. The average molecular weight is 388 g/mol. The fourth-order valence-electron chi connectivity index (χ4n) is 3.93. The van der Waals surface area contributed by atoms with E-state index in [2.05, 4.69) is 56.6 Å². The van der Waals surface area contributed by atoms with Crippen molar-refractivity contribution < 1.29 is 4.74 Å². The number of aromatic amines is 1. The number of likely N-dealkylation sites (N-methyl/N-ethyl adjacent to an activating group) is 1. The molecule has 1 saturated heterocycles. The van der Waals surface area contributed by atoms with Crippen LogP contribution in [0, 0.1) is 0 Å². The number of aromatic nitrogens is 3. The van der Waals surface area contributed by atoms with Crippen molar-refractivity contribution in [1.82, 2.24) is 20.1 Å². The summed E-state index contributed by atoms with van der Waals surface area (Å²) in [6.45, 7) is 4.32. The van der Waals surface area contributed by atoms with Gasteiger partial charge in [-0.2, -0.15) is 5.10 Å². The molecule has 7 heteroatoms.